The largest absolute Gasteiger partial charge is 0.466 e. The molecule has 0 radical (unpaired) electrons. The summed E-state index contributed by atoms with van der Waals surface area (Å²) in [4.78, 5) is 27.1. The van der Waals surface area contributed by atoms with E-state index in [1.807, 2.05) is 32.1 Å². The van der Waals surface area contributed by atoms with Gasteiger partial charge in [0.1, 0.15) is 13.7 Å². The Balaban J connectivity index is 1.72. The maximum Gasteiger partial charge on any atom is 0.330 e. The van der Waals surface area contributed by atoms with E-state index in [-0.39, 0.29) is 17.8 Å². The zero-order valence-corrected chi connectivity index (χ0v) is 19.8. The van der Waals surface area contributed by atoms with Crippen molar-refractivity contribution in [2.75, 3.05) is 12.0 Å². The lowest BCUT2D eigenvalue weighted by molar-refractivity contribution is -0.134. The third-order valence-corrected chi connectivity index (χ3v) is 7.36. The van der Waals surface area contributed by atoms with Crippen LogP contribution in [0.1, 0.15) is 42.8 Å². The summed E-state index contributed by atoms with van der Waals surface area (Å²) in [7, 11) is 3.27. The molecule has 32 heavy (non-hydrogen) atoms. The minimum absolute atomic E-state index is 0.0241. The zero-order chi connectivity index (χ0) is 22.8. The molecule has 0 heterocycles. The second-order valence-electron chi connectivity index (χ2n) is 8.82. The van der Waals surface area contributed by atoms with E-state index in [4.69, 9.17) is 0 Å². The van der Waals surface area contributed by atoms with Crippen LogP contribution in [0.4, 0.5) is 10.1 Å². The van der Waals surface area contributed by atoms with Crippen LogP contribution >= 0.6 is 15.9 Å². The van der Waals surface area contributed by atoms with Crippen LogP contribution in [0.3, 0.4) is 0 Å². The molecule has 2 aliphatic rings. The zero-order valence-electron chi connectivity index (χ0n) is 18.3. The molecule has 0 aliphatic heterocycles. The number of amides is 1. The highest BCUT2D eigenvalue weighted by Crippen LogP contribution is 2.49. The molecule has 4 nitrogen and oxygen atoms in total. The molecule has 4 rings (SSSR count). The van der Waals surface area contributed by atoms with E-state index >= 15 is 0 Å². The molecule has 1 amide bonds. The van der Waals surface area contributed by atoms with Crippen LogP contribution < -0.4 is 4.90 Å². The number of carbonyl (C=O) groups excluding carboxylic acids is 2. The number of hydrogen-bond donors (Lipinski definition) is 0. The maximum absolute atomic E-state index is 14.6. The highest BCUT2D eigenvalue weighted by Gasteiger charge is 2.45. The Morgan fingerprint density at radius 3 is 2.56 bits per heavy atom. The van der Waals surface area contributed by atoms with Crippen LogP contribution in [0.15, 0.2) is 53.0 Å². The number of benzene rings is 2. The molecule has 0 saturated heterocycles. The van der Waals surface area contributed by atoms with Gasteiger partial charge >= 0.3 is 5.97 Å². The fourth-order valence-electron chi connectivity index (χ4n) is 5.22. The van der Waals surface area contributed by atoms with E-state index in [9.17, 15) is 14.0 Å². The first-order chi connectivity index (χ1) is 15.4. The van der Waals surface area contributed by atoms with Crippen molar-refractivity contribution in [1.82, 2.24) is 0 Å². The number of fused-ring (bicyclic) bond motifs is 2. The SMILES string of the molecule is BC(c1ccc(Br)cc1)N(C(=O)C1CC2CCC1C2)c1cc(F)cc(/C=C/C(=O)OC)c1. The Hall–Kier alpha value is -2.41. The summed E-state index contributed by atoms with van der Waals surface area (Å²) in [6.45, 7) is 0. The van der Waals surface area contributed by atoms with E-state index in [2.05, 4.69) is 20.7 Å². The molecule has 0 aromatic heterocycles. The molecule has 166 valence electrons. The Labute approximate surface area is 197 Å². The molecule has 0 spiro atoms. The van der Waals surface area contributed by atoms with Gasteiger partial charge in [0.05, 0.1) is 7.11 Å². The van der Waals surface area contributed by atoms with Crippen LogP contribution in [0.5, 0.6) is 0 Å². The van der Waals surface area contributed by atoms with Gasteiger partial charge in [0, 0.05) is 28.1 Å². The summed E-state index contributed by atoms with van der Waals surface area (Å²) in [5.74, 6) is -0.169. The minimum Gasteiger partial charge on any atom is -0.466 e. The normalized spacial score (nSPS) is 22.8. The summed E-state index contributed by atoms with van der Waals surface area (Å²) in [5.41, 5.74) is 1.97. The van der Waals surface area contributed by atoms with E-state index in [1.165, 1.54) is 37.8 Å². The van der Waals surface area contributed by atoms with Crippen molar-refractivity contribution in [2.45, 2.75) is 31.6 Å². The number of nitrogens with zero attached hydrogens (tertiary/aromatic N) is 1. The van der Waals surface area contributed by atoms with Crippen molar-refractivity contribution < 1.29 is 18.7 Å². The van der Waals surface area contributed by atoms with Crippen LogP contribution in [0.2, 0.25) is 0 Å². The Morgan fingerprint density at radius 1 is 1.19 bits per heavy atom. The monoisotopic (exact) mass is 497 g/mol. The topological polar surface area (TPSA) is 46.6 Å². The highest BCUT2D eigenvalue weighted by molar-refractivity contribution is 9.10. The van der Waals surface area contributed by atoms with Crippen LogP contribution in [0, 0.1) is 23.6 Å². The molecule has 4 atom stereocenters. The summed E-state index contributed by atoms with van der Waals surface area (Å²) in [5, 5.41) is 0. The third-order valence-electron chi connectivity index (χ3n) is 6.83. The van der Waals surface area contributed by atoms with E-state index in [1.54, 1.807) is 11.0 Å². The summed E-state index contributed by atoms with van der Waals surface area (Å²) in [6, 6.07) is 12.3. The lowest BCUT2D eigenvalue weighted by Crippen LogP contribution is -2.41. The number of esters is 1. The van der Waals surface area contributed by atoms with Crippen molar-refractivity contribution in [1.29, 1.82) is 0 Å². The van der Waals surface area contributed by atoms with Crippen molar-refractivity contribution in [3.8, 4) is 0 Å². The number of anilines is 1. The van der Waals surface area contributed by atoms with Gasteiger partial charge in [-0.25, -0.2) is 9.18 Å². The van der Waals surface area contributed by atoms with Crippen molar-refractivity contribution >= 4 is 47.4 Å². The number of carbonyl (C=O) groups is 2. The van der Waals surface area contributed by atoms with Gasteiger partial charge < -0.3 is 9.64 Å². The molecular formula is C25H26BBrFNO3. The van der Waals surface area contributed by atoms with Gasteiger partial charge in [0.2, 0.25) is 5.91 Å². The van der Waals surface area contributed by atoms with E-state index < -0.39 is 11.8 Å². The fourth-order valence-corrected chi connectivity index (χ4v) is 5.49. The average Bonchev–Trinajstić information content (AvgIpc) is 3.41. The first-order valence-electron chi connectivity index (χ1n) is 11.0. The molecule has 0 N–H and O–H groups in total. The van der Waals surface area contributed by atoms with Crippen LogP contribution in [0.25, 0.3) is 6.08 Å². The summed E-state index contributed by atoms with van der Waals surface area (Å²) >= 11 is 3.46. The lowest BCUT2D eigenvalue weighted by atomic mass is 9.83. The van der Waals surface area contributed by atoms with Gasteiger partial charge in [0.15, 0.2) is 0 Å². The van der Waals surface area contributed by atoms with Crippen LogP contribution in [-0.2, 0) is 14.3 Å². The number of hydrogen-bond acceptors (Lipinski definition) is 3. The molecule has 2 aliphatic carbocycles. The van der Waals surface area contributed by atoms with Crippen molar-refractivity contribution in [3.63, 3.8) is 0 Å². The van der Waals surface area contributed by atoms with Gasteiger partial charge in [-0.3, -0.25) is 4.79 Å². The molecule has 2 aromatic rings. The number of ether oxygens (including phenoxy) is 1. The highest BCUT2D eigenvalue weighted by atomic mass is 79.9. The Bertz CT molecular complexity index is 1040. The van der Waals surface area contributed by atoms with Crippen molar-refractivity contribution in [3.05, 3.63) is 70.0 Å². The molecule has 2 fully saturated rings. The summed E-state index contributed by atoms with van der Waals surface area (Å²) in [6.07, 6.45) is 7.09. The van der Waals surface area contributed by atoms with Gasteiger partial charge in [0.25, 0.3) is 0 Å². The molecule has 2 aromatic carbocycles. The predicted molar refractivity (Wildman–Crippen MR) is 129 cm³/mol. The van der Waals surface area contributed by atoms with E-state index in [0.717, 1.165) is 29.3 Å². The van der Waals surface area contributed by atoms with Crippen LogP contribution in [-0.4, -0.2) is 26.8 Å². The maximum atomic E-state index is 14.6. The Morgan fingerprint density at radius 2 is 1.94 bits per heavy atom. The predicted octanol–water partition coefficient (Wildman–Crippen LogP) is 4.88. The Kier molecular flexibility index (Phi) is 6.84. The van der Waals surface area contributed by atoms with Gasteiger partial charge in [-0.1, -0.05) is 34.5 Å². The second-order valence-corrected chi connectivity index (χ2v) is 9.73. The molecule has 7 heteroatoms. The standard InChI is InChI=1S/C25H26BBrFNO3/c1-32-23(30)9-3-16-11-20(28)14-21(12-16)29(24(26)17-5-7-19(27)8-6-17)25(31)22-13-15-2-4-18(22)10-15/h3,5-9,11-12,14-15,18,22,24H,2,4,10,13,26H2,1H3/b9-3+. The molecule has 2 bridgehead atoms. The summed E-state index contributed by atoms with van der Waals surface area (Å²) < 4.78 is 20.2. The number of rotatable bonds is 6. The van der Waals surface area contributed by atoms with Crippen molar-refractivity contribution in [2.24, 2.45) is 17.8 Å². The smallest absolute Gasteiger partial charge is 0.330 e. The second kappa shape index (κ2) is 9.61. The first-order valence-corrected chi connectivity index (χ1v) is 11.8. The minimum atomic E-state index is -0.519. The van der Waals surface area contributed by atoms with E-state index in [0.29, 0.717) is 23.1 Å². The molecular weight excluding hydrogens is 472 g/mol. The lowest BCUT2D eigenvalue weighted by Gasteiger charge is -2.35. The first kappa shape index (κ1) is 22.8. The molecule has 4 unspecified atom stereocenters. The number of halogens is 2. The molecule has 2 saturated carbocycles. The average molecular weight is 498 g/mol. The number of methoxy groups -OCH3 is 1. The third kappa shape index (κ3) is 4.83. The van der Waals surface area contributed by atoms with Gasteiger partial charge in [-0.15, -0.1) is 0 Å². The van der Waals surface area contributed by atoms with Gasteiger partial charge in [-0.05, 0) is 78.6 Å². The fraction of sp³-hybridized carbons (Fsp3) is 0.360. The quantitative estimate of drug-likeness (QED) is 0.324. The van der Waals surface area contributed by atoms with Gasteiger partial charge in [-0.2, -0.15) is 0 Å².